The fourth-order valence-corrected chi connectivity index (χ4v) is 0.958. The average Bonchev–Trinajstić information content (AvgIpc) is 2.08. The molecule has 14 heavy (non-hydrogen) atoms. The first kappa shape index (κ1) is 13.5. The van der Waals surface area contributed by atoms with Crippen LogP contribution in [0, 0.1) is 11.3 Å². The average molecular weight is 275 g/mol. The van der Waals surface area contributed by atoms with Crippen molar-refractivity contribution >= 4 is 27.5 Å². The van der Waals surface area contributed by atoms with Gasteiger partial charge in [0.25, 0.3) is 0 Å². The Balaban J connectivity index is 0.000000364. The van der Waals surface area contributed by atoms with Crippen molar-refractivity contribution in [3.8, 4) is 6.07 Å². The monoisotopic (exact) mass is 273 g/mol. The van der Waals surface area contributed by atoms with Crippen LogP contribution in [-0.2, 0) is 6.42 Å². The molecule has 1 aromatic carbocycles. The highest BCUT2D eigenvalue weighted by atomic mass is 79.9. The molecule has 0 N–H and O–H groups in total. The smallest absolute Gasteiger partial charge is 0.0669 e. The van der Waals surface area contributed by atoms with Gasteiger partial charge in [-0.1, -0.05) is 28.1 Å². The number of hydrogen-bond acceptors (Lipinski definition) is 1. The molecule has 0 aliphatic heterocycles. The molecular formula is C11H13BrClN. The van der Waals surface area contributed by atoms with E-state index in [1.807, 2.05) is 38.1 Å². The Morgan fingerprint density at radius 1 is 1.36 bits per heavy atom. The highest BCUT2D eigenvalue weighted by Crippen LogP contribution is 2.10. The Bertz CT molecular complexity index is 284. The molecule has 0 aliphatic rings. The standard InChI is InChI=1S/C8H6BrN.C3H7Cl/c9-8-3-1-7(2-4-8)5-6-10;1-3(2)4/h1-4H,5H2;3H,1-2H3. The number of nitrogens with zero attached hydrogens (tertiary/aromatic N) is 1. The topological polar surface area (TPSA) is 23.8 Å². The van der Waals surface area contributed by atoms with E-state index in [2.05, 4.69) is 22.0 Å². The van der Waals surface area contributed by atoms with Gasteiger partial charge in [-0.15, -0.1) is 11.6 Å². The minimum atomic E-state index is 0.306. The highest BCUT2D eigenvalue weighted by Gasteiger charge is 1.89. The Labute approximate surface area is 98.8 Å². The molecule has 0 unspecified atom stereocenters. The minimum Gasteiger partial charge on any atom is -0.198 e. The molecule has 0 spiro atoms. The number of benzene rings is 1. The van der Waals surface area contributed by atoms with E-state index >= 15 is 0 Å². The van der Waals surface area contributed by atoms with Crippen molar-refractivity contribution in [2.45, 2.75) is 25.6 Å². The zero-order valence-corrected chi connectivity index (χ0v) is 10.6. The van der Waals surface area contributed by atoms with Crippen LogP contribution in [0.4, 0.5) is 0 Å². The SMILES string of the molecule is CC(C)Cl.N#CCc1ccc(Br)cc1. The summed E-state index contributed by atoms with van der Waals surface area (Å²) in [5, 5.41) is 8.63. The molecular weight excluding hydrogens is 261 g/mol. The molecule has 0 atom stereocenters. The van der Waals surface area contributed by atoms with Crippen LogP contribution in [0.25, 0.3) is 0 Å². The largest absolute Gasteiger partial charge is 0.198 e. The number of nitriles is 1. The van der Waals surface area contributed by atoms with Crippen molar-refractivity contribution in [1.82, 2.24) is 0 Å². The summed E-state index contributed by atoms with van der Waals surface area (Å²) in [6.45, 7) is 3.86. The van der Waals surface area contributed by atoms with Crippen molar-refractivity contribution in [3.63, 3.8) is 0 Å². The van der Waals surface area contributed by atoms with Gasteiger partial charge in [0.15, 0.2) is 0 Å². The van der Waals surface area contributed by atoms with E-state index in [-0.39, 0.29) is 0 Å². The summed E-state index contributed by atoms with van der Waals surface area (Å²) in [6.07, 6.45) is 0.493. The molecule has 0 fully saturated rings. The van der Waals surface area contributed by atoms with Gasteiger partial charge < -0.3 is 0 Å². The van der Waals surface area contributed by atoms with Crippen LogP contribution in [0.1, 0.15) is 19.4 Å². The van der Waals surface area contributed by atoms with Crippen molar-refractivity contribution in [2.75, 3.05) is 0 Å². The first-order valence-electron chi connectivity index (χ1n) is 4.31. The predicted molar refractivity (Wildman–Crippen MR) is 64.4 cm³/mol. The summed E-state index contributed by atoms with van der Waals surface area (Å²) in [4.78, 5) is 0. The van der Waals surface area contributed by atoms with Crippen molar-refractivity contribution < 1.29 is 0 Å². The maximum atomic E-state index is 8.33. The zero-order chi connectivity index (χ0) is 11.0. The maximum absolute atomic E-state index is 8.33. The van der Waals surface area contributed by atoms with Gasteiger partial charge >= 0.3 is 0 Å². The van der Waals surface area contributed by atoms with Gasteiger partial charge in [-0.25, -0.2) is 0 Å². The van der Waals surface area contributed by atoms with Gasteiger partial charge in [0.1, 0.15) is 0 Å². The van der Waals surface area contributed by atoms with Crippen LogP contribution in [-0.4, -0.2) is 5.38 Å². The molecule has 0 bridgehead atoms. The van der Waals surface area contributed by atoms with E-state index in [9.17, 15) is 0 Å². The van der Waals surface area contributed by atoms with Gasteiger partial charge in [0.2, 0.25) is 0 Å². The predicted octanol–water partition coefficient (Wildman–Crippen LogP) is 4.15. The Morgan fingerprint density at radius 2 is 1.79 bits per heavy atom. The molecule has 3 heteroatoms. The lowest BCUT2D eigenvalue weighted by atomic mass is 10.2. The molecule has 0 heterocycles. The first-order valence-corrected chi connectivity index (χ1v) is 5.54. The van der Waals surface area contributed by atoms with E-state index in [4.69, 9.17) is 16.9 Å². The van der Waals surface area contributed by atoms with Crippen molar-refractivity contribution in [2.24, 2.45) is 0 Å². The van der Waals surface area contributed by atoms with E-state index in [1.54, 1.807) is 0 Å². The lowest BCUT2D eigenvalue weighted by Crippen LogP contribution is -1.78. The summed E-state index contributed by atoms with van der Waals surface area (Å²) >= 11 is 8.59. The van der Waals surface area contributed by atoms with Gasteiger partial charge in [0.05, 0.1) is 12.5 Å². The Morgan fingerprint density at radius 3 is 2.14 bits per heavy atom. The summed E-state index contributed by atoms with van der Waals surface area (Å²) in [5.74, 6) is 0. The van der Waals surface area contributed by atoms with Gasteiger partial charge in [0, 0.05) is 9.85 Å². The van der Waals surface area contributed by atoms with E-state index in [0.29, 0.717) is 11.8 Å². The van der Waals surface area contributed by atoms with E-state index in [0.717, 1.165) is 10.0 Å². The summed E-state index contributed by atoms with van der Waals surface area (Å²) in [7, 11) is 0. The van der Waals surface area contributed by atoms with Crippen LogP contribution in [0.15, 0.2) is 28.7 Å². The van der Waals surface area contributed by atoms with Crippen LogP contribution in [0.2, 0.25) is 0 Å². The first-order chi connectivity index (χ1) is 6.56. The number of halogens is 2. The number of hydrogen-bond donors (Lipinski definition) is 0. The normalized spacial score (nSPS) is 8.86. The molecule has 1 aromatic rings. The Hall–Kier alpha value is -0.520. The van der Waals surface area contributed by atoms with Gasteiger partial charge in [-0.05, 0) is 31.5 Å². The summed E-state index contributed by atoms with van der Waals surface area (Å²) in [6, 6.07) is 9.84. The third-order valence-corrected chi connectivity index (χ3v) is 1.73. The fraction of sp³-hybridized carbons (Fsp3) is 0.364. The molecule has 0 radical (unpaired) electrons. The highest BCUT2D eigenvalue weighted by molar-refractivity contribution is 9.10. The molecule has 0 amide bonds. The third-order valence-electron chi connectivity index (χ3n) is 1.20. The lowest BCUT2D eigenvalue weighted by molar-refractivity contribution is 1.10. The fourth-order valence-electron chi connectivity index (χ4n) is 0.694. The summed E-state index contributed by atoms with van der Waals surface area (Å²) < 4.78 is 1.05. The Kier molecular flexibility index (Phi) is 7.55. The van der Waals surface area contributed by atoms with Gasteiger partial charge in [-0.2, -0.15) is 5.26 Å². The molecule has 0 aliphatic carbocycles. The van der Waals surface area contributed by atoms with E-state index < -0.39 is 0 Å². The number of alkyl halides is 1. The van der Waals surface area contributed by atoms with Crippen LogP contribution in [0.3, 0.4) is 0 Å². The second-order valence-electron chi connectivity index (χ2n) is 2.98. The second kappa shape index (κ2) is 7.84. The zero-order valence-electron chi connectivity index (χ0n) is 8.30. The molecule has 76 valence electrons. The molecule has 0 saturated heterocycles. The van der Waals surface area contributed by atoms with E-state index in [1.165, 1.54) is 0 Å². The quantitative estimate of drug-likeness (QED) is 0.706. The molecule has 0 saturated carbocycles. The van der Waals surface area contributed by atoms with Crippen LogP contribution < -0.4 is 0 Å². The maximum Gasteiger partial charge on any atom is 0.0669 e. The van der Waals surface area contributed by atoms with Crippen molar-refractivity contribution in [1.29, 1.82) is 5.26 Å². The molecule has 0 aromatic heterocycles. The lowest BCUT2D eigenvalue weighted by Gasteiger charge is -1.92. The molecule has 1 rings (SSSR count). The van der Waals surface area contributed by atoms with Crippen molar-refractivity contribution in [3.05, 3.63) is 34.3 Å². The van der Waals surface area contributed by atoms with Gasteiger partial charge in [-0.3, -0.25) is 0 Å². The molecule has 1 nitrogen and oxygen atoms in total. The third kappa shape index (κ3) is 8.10. The summed E-state index contributed by atoms with van der Waals surface area (Å²) in [5.41, 5.74) is 1.06. The van der Waals surface area contributed by atoms with Crippen LogP contribution >= 0.6 is 27.5 Å². The number of rotatable bonds is 1. The second-order valence-corrected chi connectivity index (χ2v) is 4.76. The minimum absolute atomic E-state index is 0.306. The van der Waals surface area contributed by atoms with Crippen LogP contribution in [0.5, 0.6) is 0 Å².